The highest BCUT2D eigenvalue weighted by atomic mass is 16.5. The Morgan fingerprint density at radius 1 is 1.32 bits per heavy atom. The third kappa shape index (κ3) is 2.91. The van der Waals surface area contributed by atoms with Crippen LogP contribution in [0.3, 0.4) is 0 Å². The fourth-order valence-corrected chi connectivity index (χ4v) is 1.97. The first-order valence-electron chi connectivity index (χ1n) is 5.95. The van der Waals surface area contributed by atoms with Crippen molar-refractivity contribution >= 4 is 18.0 Å². The summed E-state index contributed by atoms with van der Waals surface area (Å²) in [5.41, 5.74) is 2.84. The van der Waals surface area contributed by atoms with E-state index in [2.05, 4.69) is 4.74 Å². The number of hydrogen-bond donors (Lipinski definition) is 0. The molecule has 0 bridgehead atoms. The van der Waals surface area contributed by atoms with E-state index in [0.717, 1.165) is 11.1 Å². The van der Waals surface area contributed by atoms with E-state index in [4.69, 9.17) is 0 Å². The summed E-state index contributed by atoms with van der Waals surface area (Å²) >= 11 is 0. The molecule has 0 unspecified atom stereocenters. The third-order valence-electron chi connectivity index (χ3n) is 2.97. The van der Waals surface area contributed by atoms with Gasteiger partial charge in [0.1, 0.15) is 0 Å². The second-order valence-corrected chi connectivity index (χ2v) is 4.23. The number of ether oxygens (including phenoxy) is 1. The van der Waals surface area contributed by atoms with E-state index in [0.29, 0.717) is 12.2 Å². The summed E-state index contributed by atoms with van der Waals surface area (Å²) in [7, 11) is 1.32. The Kier molecular flexibility index (Phi) is 3.80. The van der Waals surface area contributed by atoms with Crippen molar-refractivity contribution in [3.8, 4) is 0 Å². The number of hydrogen-bond acceptors (Lipinski definition) is 3. The normalized spacial score (nSPS) is 14.0. The number of benzene rings is 1. The number of fused-ring (bicyclic) bond motifs is 1. The average Bonchev–Trinajstić information content (AvgIpc) is 2.43. The van der Waals surface area contributed by atoms with Crippen molar-refractivity contribution in [2.75, 3.05) is 7.11 Å². The third-order valence-corrected chi connectivity index (χ3v) is 2.97. The minimum Gasteiger partial charge on any atom is -0.466 e. The van der Waals surface area contributed by atoms with E-state index in [9.17, 15) is 9.59 Å². The van der Waals surface area contributed by atoms with E-state index in [1.54, 1.807) is 11.0 Å². The Labute approximate surface area is 112 Å². The number of amides is 1. The summed E-state index contributed by atoms with van der Waals surface area (Å²) in [6.07, 6.45) is 4.80. The van der Waals surface area contributed by atoms with E-state index in [1.165, 1.54) is 20.1 Å². The zero-order valence-electron chi connectivity index (χ0n) is 10.9. The SMILES string of the molecule is COC(=O)/C=C/C1=Cc2ccccc2CN1C(C)=O. The molecule has 0 atom stereocenters. The van der Waals surface area contributed by atoms with E-state index < -0.39 is 5.97 Å². The summed E-state index contributed by atoms with van der Waals surface area (Å²) < 4.78 is 4.55. The molecule has 1 aromatic carbocycles. The van der Waals surface area contributed by atoms with Crippen LogP contribution in [0.1, 0.15) is 18.1 Å². The minimum atomic E-state index is -0.441. The lowest BCUT2D eigenvalue weighted by Crippen LogP contribution is -2.29. The maximum atomic E-state index is 11.7. The molecule has 0 saturated carbocycles. The van der Waals surface area contributed by atoms with Crippen LogP contribution in [-0.4, -0.2) is 23.9 Å². The van der Waals surface area contributed by atoms with Gasteiger partial charge in [0.05, 0.1) is 13.7 Å². The highest BCUT2D eigenvalue weighted by Crippen LogP contribution is 2.25. The van der Waals surface area contributed by atoms with E-state index >= 15 is 0 Å². The van der Waals surface area contributed by atoms with Gasteiger partial charge in [-0.25, -0.2) is 4.79 Å². The molecule has 4 nitrogen and oxygen atoms in total. The molecule has 98 valence electrons. The second-order valence-electron chi connectivity index (χ2n) is 4.23. The Morgan fingerprint density at radius 3 is 2.74 bits per heavy atom. The van der Waals surface area contributed by atoms with Gasteiger partial charge in [0.15, 0.2) is 0 Å². The lowest BCUT2D eigenvalue weighted by atomic mass is 10.0. The van der Waals surface area contributed by atoms with Crippen molar-refractivity contribution in [1.82, 2.24) is 4.90 Å². The van der Waals surface area contributed by atoms with Gasteiger partial charge in [-0.2, -0.15) is 0 Å². The molecule has 0 aromatic heterocycles. The predicted molar refractivity (Wildman–Crippen MR) is 71.8 cm³/mol. The largest absolute Gasteiger partial charge is 0.466 e. The second kappa shape index (κ2) is 5.52. The van der Waals surface area contributed by atoms with Gasteiger partial charge in [0.25, 0.3) is 0 Å². The van der Waals surface area contributed by atoms with Crippen molar-refractivity contribution in [3.05, 3.63) is 53.2 Å². The summed E-state index contributed by atoms with van der Waals surface area (Å²) in [5.74, 6) is -0.501. The number of carbonyl (C=O) groups is 2. The average molecular weight is 257 g/mol. The lowest BCUT2D eigenvalue weighted by Gasteiger charge is -2.27. The number of nitrogens with zero attached hydrogens (tertiary/aromatic N) is 1. The molecule has 19 heavy (non-hydrogen) atoms. The Bertz CT molecular complexity index is 573. The van der Waals surface area contributed by atoms with Crippen molar-refractivity contribution in [2.45, 2.75) is 13.5 Å². The van der Waals surface area contributed by atoms with Crippen LogP contribution in [0.2, 0.25) is 0 Å². The first-order chi connectivity index (χ1) is 9.11. The fraction of sp³-hybridized carbons (Fsp3) is 0.200. The van der Waals surface area contributed by atoms with Crippen molar-refractivity contribution in [3.63, 3.8) is 0 Å². The van der Waals surface area contributed by atoms with Crippen LogP contribution in [0.5, 0.6) is 0 Å². The van der Waals surface area contributed by atoms with E-state index in [-0.39, 0.29) is 5.91 Å². The minimum absolute atomic E-state index is 0.0599. The van der Waals surface area contributed by atoms with Crippen molar-refractivity contribution in [1.29, 1.82) is 0 Å². The van der Waals surface area contributed by atoms with Crippen LogP contribution in [0.15, 0.2) is 42.1 Å². The first-order valence-corrected chi connectivity index (χ1v) is 5.95. The molecular weight excluding hydrogens is 242 g/mol. The molecule has 0 N–H and O–H groups in total. The fourth-order valence-electron chi connectivity index (χ4n) is 1.97. The van der Waals surface area contributed by atoms with Gasteiger partial charge >= 0.3 is 5.97 Å². The zero-order valence-corrected chi connectivity index (χ0v) is 10.9. The molecular formula is C15H15NO3. The van der Waals surface area contributed by atoms with Gasteiger partial charge in [-0.15, -0.1) is 0 Å². The molecule has 1 aliphatic rings. The Balaban J connectivity index is 2.37. The molecule has 0 radical (unpaired) electrons. The van der Waals surface area contributed by atoms with Crippen LogP contribution in [0, 0.1) is 0 Å². The summed E-state index contributed by atoms with van der Waals surface area (Å²) in [4.78, 5) is 24.4. The van der Waals surface area contributed by atoms with E-state index in [1.807, 2.05) is 30.3 Å². The van der Waals surface area contributed by atoms with Gasteiger partial charge in [0, 0.05) is 18.7 Å². The molecule has 0 aliphatic carbocycles. The molecule has 1 heterocycles. The lowest BCUT2D eigenvalue weighted by molar-refractivity contribution is -0.135. The van der Waals surface area contributed by atoms with Gasteiger partial charge < -0.3 is 9.64 Å². The number of allylic oxidation sites excluding steroid dienone is 1. The molecule has 0 fully saturated rings. The van der Waals surface area contributed by atoms with Gasteiger partial charge in [0.2, 0.25) is 5.91 Å². The molecule has 0 saturated heterocycles. The van der Waals surface area contributed by atoms with Gasteiger partial charge in [-0.3, -0.25) is 4.79 Å². The summed E-state index contributed by atoms with van der Waals surface area (Å²) in [5, 5.41) is 0. The van der Waals surface area contributed by atoms with Crippen molar-refractivity contribution < 1.29 is 14.3 Å². The monoisotopic (exact) mass is 257 g/mol. The first kappa shape index (κ1) is 13.1. The van der Waals surface area contributed by atoms with Crippen LogP contribution < -0.4 is 0 Å². The molecule has 4 heteroatoms. The number of methoxy groups -OCH3 is 1. The van der Waals surface area contributed by atoms with Crippen LogP contribution in [-0.2, 0) is 20.9 Å². The topological polar surface area (TPSA) is 46.6 Å². The standard InChI is InChI=1S/C15H15NO3/c1-11(17)16-10-13-6-4-3-5-12(13)9-14(16)7-8-15(18)19-2/h3-9H,10H2,1-2H3/b8-7+. The molecule has 0 spiro atoms. The number of carbonyl (C=O) groups excluding carboxylic acids is 2. The van der Waals surface area contributed by atoms with Crippen LogP contribution in [0.25, 0.3) is 6.08 Å². The zero-order chi connectivity index (χ0) is 13.8. The van der Waals surface area contributed by atoms with Gasteiger partial charge in [-0.05, 0) is 23.3 Å². The molecule has 1 aromatic rings. The van der Waals surface area contributed by atoms with Gasteiger partial charge in [-0.1, -0.05) is 24.3 Å². The highest BCUT2D eigenvalue weighted by Gasteiger charge is 2.19. The summed E-state index contributed by atoms with van der Waals surface area (Å²) in [6.45, 7) is 2.02. The number of esters is 1. The van der Waals surface area contributed by atoms with Crippen LogP contribution >= 0.6 is 0 Å². The maximum absolute atomic E-state index is 11.7. The van der Waals surface area contributed by atoms with Crippen LogP contribution in [0.4, 0.5) is 0 Å². The smallest absolute Gasteiger partial charge is 0.330 e. The maximum Gasteiger partial charge on any atom is 0.330 e. The molecule has 1 aliphatic heterocycles. The predicted octanol–water partition coefficient (Wildman–Crippen LogP) is 2.12. The Hall–Kier alpha value is -2.36. The molecule has 2 rings (SSSR count). The summed E-state index contributed by atoms with van der Waals surface area (Å²) in [6, 6.07) is 7.86. The van der Waals surface area contributed by atoms with Crippen molar-refractivity contribution in [2.24, 2.45) is 0 Å². The molecule has 1 amide bonds. The highest BCUT2D eigenvalue weighted by molar-refractivity contribution is 5.84. The quantitative estimate of drug-likeness (QED) is 0.602. The number of rotatable bonds is 2. The Morgan fingerprint density at radius 2 is 2.05 bits per heavy atom.